The highest BCUT2D eigenvalue weighted by Gasteiger charge is 2.19. The van der Waals surface area contributed by atoms with Crippen molar-refractivity contribution >= 4 is 29.0 Å². The third-order valence-corrected chi connectivity index (χ3v) is 3.41. The van der Waals surface area contributed by atoms with E-state index in [2.05, 4.69) is 15.1 Å². The lowest BCUT2D eigenvalue weighted by Gasteiger charge is -2.31. The lowest BCUT2D eigenvalue weighted by Crippen LogP contribution is -2.34. The zero-order valence-corrected chi connectivity index (χ0v) is 9.88. The molecule has 1 aromatic heterocycles. The van der Waals surface area contributed by atoms with E-state index in [0.717, 1.165) is 37.6 Å². The van der Waals surface area contributed by atoms with Gasteiger partial charge >= 0.3 is 0 Å². The van der Waals surface area contributed by atoms with Gasteiger partial charge in [-0.05, 0) is 30.9 Å². The van der Waals surface area contributed by atoms with Crippen LogP contribution in [0.1, 0.15) is 12.8 Å². The highest BCUT2D eigenvalue weighted by Crippen LogP contribution is 2.22. The van der Waals surface area contributed by atoms with Crippen LogP contribution in [-0.4, -0.2) is 29.2 Å². The van der Waals surface area contributed by atoms with Crippen molar-refractivity contribution in [2.75, 3.05) is 23.9 Å². The number of rotatable bonds is 2. The van der Waals surface area contributed by atoms with Crippen LogP contribution in [0.2, 0.25) is 5.15 Å². The van der Waals surface area contributed by atoms with E-state index in [4.69, 9.17) is 23.2 Å². The van der Waals surface area contributed by atoms with Gasteiger partial charge in [0, 0.05) is 19.0 Å². The van der Waals surface area contributed by atoms with E-state index in [1.54, 1.807) is 6.07 Å². The van der Waals surface area contributed by atoms with Gasteiger partial charge in [0.05, 0.1) is 0 Å². The van der Waals surface area contributed by atoms with Crippen molar-refractivity contribution in [2.24, 2.45) is 5.92 Å². The van der Waals surface area contributed by atoms with Crippen molar-refractivity contribution in [3.05, 3.63) is 17.3 Å². The Morgan fingerprint density at radius 2 is 2.00 bits per heavy atom. The lowest BCUT2D eigenvalue weighted by atomic mass is 9.99. The Labute approximate surface area is 99.4 Å². The molecule has 0 radical (unpaired) electrons. The number of piperidine rings is 1. The first kappa shape index (κ1) is 11.0. The summed E-state index contributed by atoms with van der Waals surface area (Å²) in [5.41, 5.74) is 0. The molecule has 1 aliphatic rings. The van der Waals surface area contributed by atoms with E-state index in [-0.39, 0.29) is 0 Å². The van der Waals surface area contributed by atoms with Crippen LogP contribution in [0.3, 0.4) is 0 Å². The molecule has 1 saturated heterocycles. The molecule has 0 N–H and O–H groups in total. The van der Waals surface area contributed by atoms with Crippen molar-refractivity contribution in [1.29, 1.82) is 0 Å². The summed E-state index contributed by atoms with van der Waals surface area (Å²) in [6.07, 6.45) is 2.27. The normalized spacial score (nSPS) is 18.1. The van der Waals surface area contributed by atoms with Crippen LogP contribution in [0.5, 0.6) is 0 Å². The molecule has 15 heavy (non-hydrogen) atoms. The standard InChI is InChI=1S/C10H13Cl2N3/c11-7-8-3-5-15(6-4-8)10-2-1-9(12)13-14-10/h1-2,8H,3-7H2. The molecule has 3 nitrogen and oxygen atoms in total. The highest BCUT2D eigenvalue weighted by molar-refractivity contribution is 6.29. The Morgan fingerprint density at radius 1 is 1.27 bits per heavy atom. The summed E-state index contributed by atoms with van der Waals surface area (Å²) >= 11 is 11.5. The Morgan fingerprint density at radius 3 is 2.53 bits per heavy atom. The van der Waals surface area contributed by atoms with Crippen LogP contribution in [0.25, 0.3) is 0 Å². The molecule has 0 amide bonds. The molecule has 0 spiro atoms. The van der Waals surface area contributed by atoms with Gasteiger partial charge in [-0.2, -0.15) is 0 Å². The zero-order valence-electron chi connectivity index (χ0n) is 8.37. The van der Waals surface area contributed by atoms with Gasteiger partial charge < -0.3 is 4.90 Å². The van der Waals surface area contributed by atoms with Crippen molar-refractivity contribution < 1.29 is 0 Å². The fourth-order valence-corrected chi connectivity index (χ4v) is 2.20. The summed E-state index contributed by atoms with van der Waals surface area (Å²) in [7, 11) is 0. The molecule has 5 heteroatoms. The maximum Gasteiger partial charge on any atom is 0.151 e. The predicted molar refractivity (Wildman–Crippen MR) is 62.7 cm³/mol. The highest BCUT2D eigenvalue weighted by atomic mass is 35.5. The third kappa shape index (κ3) is 2.73. The maximum absolute atomic E-state index is 5.83. The van der Waals surface area contributed by atoms with Gasteiger partial charge in [0.1, 0.15) is 0 Å². The maximum atomic E-state index is 5.83. The molecule has 1 aliphatic heterocycles. The van der Waals surface area contributed by atoms with Crippen LogP contribution in [0.4, 0.5) is 5.82 Å². The molecule has 0 saturated carbocycles. The van der Waals surface area contributed by atoms with E-state index < -0.39 is 0 Å². The number of nitrogens with zero attached hydrogens (tertiary/aromatic N) is 3. The van der Waals surface area contributed by atoms with E-state index in [0.29, 0.717) is 11.1 Å². The van der Waals surface area contributed by atoms with E-state index in [1.807, 2.05) is 6.07 Å². The smallest absolute Gasteiger partial charge is 0.151 e. The average molecular weight is 246 g/mol. The van der Waals surface area contributed by atoms with Gasteiger partial charge in [-0.1, -0.05) is 11.6 Å². The first-order valence-electron chi connectivity index (χ1n) is 5.09. The molecule has 0 bridgehead atoms. The van der Waals surface area contributed by atoms with E-state index >= 15 is 0 Å². The van der Waals surface area contributed by atoms with Crippen LogP contribution in [0.15, 0.2) is 12.1 Å². The van der Waals surface area contributed by atoms with Crippen molar-refractivity contribution in [3.63, 3.8) is 0 Å². The number of halogens is 2. The van der Waals surface area contributed by atoms with Gasteiger partial charge in [-0.3, -0.25) is 0 Å². The minimum absolute atomic E-state index is 0.439. The number of aromatic nitrogens is 2. The Bertz CT molecular complexity index is 307. The largest absolute Gasteiger partial charge is 0.355 e. The summed E-state index contributed by atoms with van der Waals surface area (Å²) in [6.45, 7) is 2.02. The molecule has 2 heterocycles. The Kier molecular flexibility index (Phi) is 3.65. The topological polar surface area (TPSA) is 29.0 Å². The van der Waals surface area contributed by atoms with E-state index in [1.165, 1.54) is 0 Å². The van der Waals surface area contributed by atoms with Crippen LogP contribution in [-0.2, 0) is 0 Å². The summed E-state index contributed by atoms with van der Waals surface area (Å²) in [5.74, 6) is 2.33. The second-order valence-electron chi connectivity index (χ2n) is 3.80. The molecule has 82 valence electrons. The van der Waals surface area contributed by atoms with Crippen LogP contribution >= 0.6 is 23.2 Å². The van der Waals surface area contributed by atoms with Crippen LogP contribution in [0, 0.1) is 5.92 Å². The van der Waals surface area contributed by atoms with Gasteiger partial charge in [0.15, 0.2) is 11.0 Å². The summed E-state index contributed by atoms with van der Waals surface area (Å²) in [6, 6.07) is 3.69. The SMILES string of the molecule is ClCC1CCN(c2ccc(Cl)nn2)CC1. The zero-order chi connectivity index (χ0) is 10.7. The number of alkyl halides is 1. The quantitative estimate of drug-likeness (QED) is 0.751. The second-order valence-corrected chi connectivity index (χ2v) is 4.49. The number of hydrogen-bond donors (Lipinski definition) is 0. The Hall–Kier alpha value is -0.540. The van der Waals surface area contributed by atoms with Crippen molar-refractivity contribution in [3.8, 4) is 0 Å². The fraction of sp³-hybridized carbons (Fsp3) is 0.600. The molecule has 0 aliphatic carbocycles. The molecular weight excluding hydrogens is 233 g/mol. The summed E-state index contributed by atoms with van der Waals surface area (Å²) < 4.78 is 0. The molecule has 0 atom stereocenters. The number of anilines is 1. The number of hydrogen-bond acceptors (Lipinski definition) is 3. The van der Waals surface area contributed by atoms with Crippen molar-refractivity contribution in [1.82, 2.24) is 10.2 Å². The lowest BCUT2D eigenvalue weighted by molar-refractivity contribution is 0.440. The molecular formula is C10H13Cl2N3. The predicted octanol–water partition coefficient (Wildman–Crippen LogP) is 2.59. The Balaban J connectivity index is 1.98. The van der Waals surface area contributed by atoms with Gasteiger partial charge in [0.2, 0.25) is 0 Å². The minimum Gasteiger partial charge on any atom is -0.355 e. The van der Waals surface area contributed by atoms with Crippen molar-refractivity contribution in [2.45, 2.75) is 12.8 Å². The minimum atomic E-state index is 0.439. The first-order valence-corrected chi connectivity index (χ1v) is 6.01. The molecule has 1 fully saturated rings. The molecule has 1 aromatic rings. The van der Waals surface area contributed by atoms with Gasteiger partial charge in [-0.25, -0.2) is 0 Å². The van der Waals surface area contributed by atoms with Crippen LogP contribution < -0.4 is 4.90 Å². The van der Waals surface area contributed by atoms with Gasteiger partial charge in [-0.15, -0.1) is 21.8 Å². The van der Waals surface area contributed by atoms with Gasteiger partial charge in [0.25, 0.3) is 0 Å². The monoisotopic (exact) mass is 245 g/mol. The third-order valence-electron chi connectivity index (χ3n) is 2.77. The van der Waals surface area contributed by atoms with E-state index in [9.17, 15) is 0 Å². The second kappa shape index (κ2) is 4.99. The molecule has 2 rings (SSSR count). The molecule has 0 aromatic carbocycles. The first-order chi connectivity index (χ1) is 7.29. The summed E-state index contributed by atoms with van der Waals surface area (Å²) in [5, 5.41) is 8.34. The average Bonchev–Trinajstić information content (AvgIpc) is 2.30. The summed E-state index contributed by atoms with van der Waals surface area (Å²) in [4.78, 5) is 2.23. The fourth-order valence-electron chi connectivity index (χ4n) is 1.79. The molecule has 0 unspecified atom stereocenters.